The van der Waals surface area contributed by atoms with Crippen molar-refractivity contribution in [2.45, 2.75) is 13.5 Å². The summed E-state index contributed by atoms with van der Waals surface area (Å²) in [4.78, 5) is 30.0. The maximum atomic E-state index is 13.3. The van der Waals surface area contributed by atoms with E-state index in [9.17, 15) is 9.59 Å². The smallest absolute Gasteiger partial charge is 0.338 e. The number of nitrogens with zero attached hydrogens (tertiary/aromatic N) is 2. The van der Waals surface area contributed by atoms with E-state index in [4.69, 9.17) is 26.1 Å². The standard InChI is InChI=1S/C33H25BrClN3O4/c1-2-41-33(40)23-14-12-21(13-15-23)20-42-31-24(16-25(35)17-28(31)34)19-36-38-32(39)27-18-30(22-8-4-3-5-9-22)37-29-11-7-6-10-26(27)29/h3-19H,2,20H2,1H3,(H,38,39)/b36-19-. The second-order valence-electron chi connectivity index (χ2n) is 9.15. The fraction of sp³-hybridized carbons (Fsp3) is 0.0909. The molecule has 5 aromatic rings. The van der Waals surface area contributed by atoms with Gasteiger partial charge >= 0.3 is 5.97 Å². The molecule has 1 aromatic heterocycles. The highest BCUT2D eigenvalue weighted by Gasteiger charge is 2.15. The number of benzene rings is 4. The van der Waals surface area contributed by atoms with Crippen LogP contribution in [-0.2, 0) is 11.3 Å². The first-order chi connectivity index (χ1) is 20.4. The normalized spacial score (nSPS) is 11.0. The van der Waals surface area contributed by atoms with E-state index in [0.717, 1.165) is 11.1 Å². The van der Waals surface area contributed by atoms with Gasteiger partial charge in [-0.15, -0.1) is 0 Å². The van der Waals surface area contributed by atoms with Crippen molar-refractivity contribution in [3.8, 4) is 17.0 Å². The molecule has 42 heavy (non-hydrogen) atoms. The number of fused-ring (bicyclic) bond motifs is 1. The lowest BCUT2D eigenvalue weighted by molar-refractivity contribution is 0.0526. The van der Waals surface area contributed by atoms with Crippen molar-refractivity contribution in [3.63, 3.8) is 0 Å². The summed E-state index contributed by atoms with van der Waals surface area (Å²) in [5.74, 6) is -0.262. The van der Waals surface area contributed by atoms with Gasteiger partial charge in [0.1, 0.15) is 12.4 Å². The van der Waals surface area contributed by atoms with Crippen LogP contribution in [0.15, 0.2) is 107 Å². The molecule has 1 amide bonds. The molecule has 0 spiro atoms. The molecule has 0 unspecified atom stereocenters. The Bertz CT molecular complexity index is 1780. The van der Waals surface area contributed by atoms with Crippen molar-refractivity contribution in [3.05, 3.63) is 129 Å². The molecule has 0 aliphatic rings. The summed E-state index contributed by atoms with van der Waals surface area (Å²) in [6.45, 7) is 2.30. The number of hydrazone groups is 1. The lowest BCUT2D eigenvalue weighted by Gasteiger charge is -2.12. The summed E-state index contributed by atoms with van der Waals surface area (Å²) in [5.41, 5.74) is 7.25. The number of aromatic nitrogens is 1. The zero-order chi connectivity index (χ0) is 29.5. The summed E-state index contributed by atoms with van der Waals surface area (Å²) in [6, 6.07) is 29.3. The van der Waals surface area contributed by atoms with Crippen LogP contribution < -0.4 is 10.2 Å². The molecular formula is C33H25BrClN3O4. The van der Waals surface area contributed by atoms with Crippen LogP contribution in [-0.4, -0.2) is 29.7 Å². The van der Waals surface area contributed by atoms with Gasteiger partial charge in [0.15, 0.2) is 0 Å². The highest BCUT2D eigenvalue weighted by Crippen LogP contribution is 2.33. The predicted molar refractivity (Wildman–Crippen MR) is 168 cm³/mol. The Kier molecular flexibility index (Phi) is 9.26. The van der Waals surface area contributed by atoms with Crippen LogP contribution in [0, 0.1) is 0 Å². The lowest BCUT2D eigenvalue weighted by atomic mass is 10.0. The fourth-order valence-electron chi connectivity index (χ4n) is 4.28. The molecule has 5 rings (SSSR count). The van der Waals surface area contributed by atoms with Crippen molar-refractivity contribution in [1.82, 2.24) is 10.4 Å². The number of ether oxygens (including phenoxy) is 2. The Hall–Kier alpha value is -4.53. The van der Waals surface area contributed by atoms with E-state index in [1.807, 2.05) is 54.6 Å². The SMILES string of the molecule is CCOC(=O)c1ccc(COc2c(Br)cc(Cl)cc2/C=N\NC(=O)c2cc(-c3ccccc3)nc3ccccc23)cc1. The Labute approximate surface area is 256 Å². The number of nitrogens with one attached hydrogen (secondary N) is 1. The van der Waals surface area contributed by atoms with E-state index in [-0.39, 0.29) is 18.5 Å². The molecule has 0 atom stereocenters. The Morgan fingerprint density at radius 3 is 2.48 bits per heavy atom. The van der Waals surface area contributed by atoms with Crippen molar-refractivity contribution < 1.29 is 19.1 Å². The van der Waals surface area contributed by atoms with Gasteiger partial charge in [0, 0.05) is 21.5 Å². The minimum absolute atomic E-state index is 0.224. The highest BCUT2D eigenvalue weighted by molar-refractivity contribution is 9.10. The molecule has 0 aliphatic carbocycles. The molecular weight excluding hydrogens is 618 g/mol. The van der Waals surface area contributed by atoms with Gasteiger partial charge < -0.3 is 9.47 Å². The van der Waals surface area contributed by atoms with Gasteiger partial charge in [-0.25, -0.2) is 15.2 Å². The Balaban J connectivity index is 1.35. The van der Waals surface area contributed by atoms with Gasteiger partial charge in [-0.3, -0.25) is 4.79 Å². The number of esters is 1. The average molecular weight is 643 g/mol. The lowest BCUT2D eigenvalue weighted by Crippen LogP contribution is -2.18. The molecule has 4 aromatic carbocycles. The maximum Gasteiger partial charge on any atom is 0.338 e. The third kappa shape index (κ3) is 6.84. The van der Waals surface area contributed by atoms with E-state index >= 15 is 0 Å². The molecule has 0 aliphatic heterocycles. The summed E-state index contributed by atoms with van der Waals surface area (Å²) >= 11 is 9.81. The van der Waals surface area contributed by atoms with Gasteiger partial charge in [0.05, 0.1) is 39.6 Å². The van der Waals surface area contributed by atoms with Crippen LogP contribution in [0.3, 0.4) is 0 Å². The zero-order valence-electron chi connectivity index (χ0n) is 22.5. The summed E-state index contributed by atoms with van der Waals surface area (Å²) in [7, 11) is 0. The van der Waals surface area contributed by atoms with Gasteiger partial charge in [-0.05, 0) is 64.8 Å². The van der Waals surface area contributed by atoms with Crippen LogP contribution in [0.2, 0.25) is 5.02 Å². The molecule has 0 saturated carbocycles. The first-order valence-corrected chi connectivity index (χ1v) is 14.3. The van der Waals surface area contributed by atoms with Crippen LogP contribution in [0.25, 0.3) is 22.2 Å². The van der Waals surface area contributed by atoms with E-state index in [0.29, 0.717) is 55.1 Å². The van der Waals surface area contributed by atoms with Crippen molar-refractivity contribution in [1.29, 1.82) is 0 Å². The number of carbonyl (C=O) groups is 2. The minimum atomic E-state index is -0.382. The first-order valence-electron chi connectivity index (χ1n) is 13.1. The number of halogens is 2. The van der Waals surface area contributed by atoms with Crippen LogP contribution >= 0.6 is 27.5 Å². The molecule has 7 nitrogen and oxygen atoms in total. The number of hydrogen-bond donors (Lipinski definition) is 1. The van der Waals surface area contributed by atoms with E-state index in [2.05, 4.69) is 26.5 Å². The van der Waals surface area contributed by atoms with E-state index in [1.165, 1.54) is 6.21 Å². The number of amides is 1. The van der Waals surface area contributed by atoms with Gasteiger partial charge in [0.2, 0.25) is 0 Å². The third-order valence-corrected chi connectivity index (χ3v) is 7.09. The summed E-state index contributed by atoms with van der Waals surface area (Å²) < 4.78 is 11.7. The molecule has 0 fully saturated rings. The first kappa shape index (κ1) is 29.0. The average Bonchev–Trinajstić information content (AvgIpc) is 3.00. The van der Waals surface area contributed by atoms with Crippen LogP contribution in [0.5, 0.6) is 5.75 Å². The van der Waals surface area contributed by atoms with Gasteiger partial charge in [-0.2, -0.15) is 5.10 Å². The Morgan fingerprint density at radius 2 is 1.71 bits per heavy atom. The monoisotopic (exact) mass is 641 g/mol. The number of carbonyl (C=O) groups excluding carboxylic acids is 2. The summed E-state index contributed by atoms with van der Waals surface area (Å²) in [6.07, 6.45) is 1.48. The largest absolute Gasteiger partial charge is 0.487 e. The quantitative estimate of drug-likeness (QED) is 0.101. The minimum Gasteiger partial charge on any atom is -0.487 e. The second kappa shape index (κ2) is 13.4. The third-order valence-electron chi connectivity index (χ3n) is 6.29. The van der Waals surface area contributed by atoms with Crippen LogP contribution in [0.1, 0.15) is 38.8 Å². The Morgan fingerprint density at radius 1 is 0.976 bits per heavy atom. The molecule has 0 radical (unpaired) electrons. The van der Waals surface area contributed by atoms with Gasteiger partial charge in [0.25, 0.3) is 5.91 Å². The van der Waals surface area contributed by atoms with Crippen molar-refractivity contribution in [2.75, 3.05) is 6.61 Å². The molecule has 9 heteroatoms. The zero-order valence-corrected chi connectivity index (χ0v) is 24.9. The summed E-state index contributed by atoms with van der Waals surface area (Å²) in [5, 5.41) is 5.40. The van der Waals surface area contributed by atoms with Crippen LogP contribution in [0.4, 0.5) is 0 Å². The molecule has 1 N–H and O–H groups in total. The van der Waals surface area contributed by atoms with E-state index < -0.39 is 0 Å². The number of para-hydroxylation sites is 1. The van der Waals surface area contributed by atoms with Crippen molar-refractivity contribution in [2.24, 2.45) is 5.10 Å². The van der Waals surface area contributed by atoms with Gasteiger partial charge in [-0.1, -0.05) is 72.3 Å². The second-order valence-corrected chi connectivity index (χ2v) is 10.4. The molecule has 1 heterocycles. The van der Waals surface area contributed by atoms with Crippen molar-refractivity contribution >= 4 is 56.5 Å². The number of pyridine rings is 1. The highest BCUT2D eigenvalue weighted by atomic mass is 79.9. The topological polar surface area (TPSA) is 89.9 Å². The molecule has 0 bridgehead atoms. The number of hydrogen-bond acceptors (Lipinski definition) is 6. The number of rotatable bonds is 9. The van der Waals surface area contributed by atoms with E-state index in [1.54, 1.807) is 49.4 Å². The predicted octanol–water partition coefficient (Wildman–Crippen LogP) is 7.84. The fourth-order valence-corrected chi connectivity index (χ4v) is 5.22. The molecule has 210 valence electrons. The molecule has 0 saturated heterocycles. The maximum absolute atomic E-state index is 13.3.